The van der Waals surface area contributed by atoms with Gasteiger partial charge in [0.1, 0.15) is 17.5 Å². The second-order valence-electron chi connectivity index (χ2n) is 4.77. The lowest BCUT2D eigenvalue weighted by Gasteiger charge is -2.10. The fourth-order valence-electron chi connectivity index (χ4n) is 1.69. The van der Waals surface area contributed by atoms with E-state index in [1.54, 1.807) is 0 Å². The SMILES string of the molecule is CCNc1cc(NCCCCOC(C)C)nc(C)n1. The zero-order valence-electron chi connectivity index (χ0n) is 12.5. The smallest absolute Gasteiger partial charge is 0.131 e. The zero-order chi connectivity index (χ0) is 14.1. The summed E-state index contributed by atoms with van der Waals surface area (Å²) in [6, 6.07) is 1.95. The highest BCUT2D eigenvalue weighted by molar-refractivity contribution is 5.47. The minimum Gasteiger partial charge on any atom is -0.379 e. The van der Waals surface area contributed by atoms with Crippen LogP contribution in [0.5, 0.6) is 0 Å². The van der Waals surface area contributed by atoms with Crippen molar-refractivity contribution in [1.82, 2.24) is 9.97 Å². The first kappa shape index (κ1) is 15.7. The molecular weight excluding hydrogens is 240 g/mol. The Labute approximate surface area is 116 Å². The molecule has 0 aromatic carbocycles. The molecule has 1 rings (SSSR count). The van der Waals surface area contributed by atoms with Crippen LogP contribution in [0.2, 0.25) is 0 Å². The Kier molecular flexibility index (Phi) is 7.18. The summed E-state index contributed by atoms with van der Waals surface area (Å²) in [4.78, 5) is 8.69. The van der Waals surface area contributed by atoms with E-state index in [0.717, 1.165) is 50.0 Å². The van der Waals surface area contributed by atoms with E-state index in [-0.39, 0.29) is 0 Å². The van der Waals surface area contributed by atoms with Crippen LogP contribution in [-0.4, -0.2) is 35.8 Å². The van der Waals surface area contributed by atoms with Gasteiger partial charge < -0.3 is 15.4 Å². The second-order valence-corrected chi connectivity index (χ2v) is 4.77. The summed E-state index contributed by atoms with van der Waals surface area (Å²) in [7, 11) is 0. The predicted molar refractivity (Wildman–Crippen MR) is 79.7 cm³/mol. The molecule has 19 heavy (non-hydrogen) atoms. The van der Waals surface area contributed by atoms with Crippen LogP contribution in [0, 0.1) is 6.92 Å². The molecule has 5 heteroatoms. The van der Waals surface area contributed by atoms with Crippen LogP contribution in [0.1, 0.15) is 39.4 Å². The molecule has 0 aliphatic carbocycles. The first-order valence-corrected chi connectivity index (χ1v) is 7.07. The summed E-state index contributed by atoms with van der Waals surface area (Å²) in [5.41, 5.74) is 0. The zero-order valence-corrected chi connectivity index (χ0v) is 12.5. The van der Waals surface area contributed by atoms with Crippen LogP contribution >= 0.6 is 0 Å². The van der Waals surface area contributed by atoms with Crippen LogP contribution in [0.3, 0.4) is 0 Å². The van der Waals surface area contributed by atoms with E-state index >= 15 is 0 Å². The summed E-state index contributed by atoms with van der Waals surface area (Å²) >= 11 is 0. The van der Waals surface area contributed by atoms with Crippen LogP contribution in [-0.2, 0) is 4.74 Å². The third kappa shape index (κ3) is 6.96. The number of rotatable bonds is 9. The molecule has 1 heterocycles. The van der Waals surface area contributed by atoms with Crippen LogP contribution in [0.4, 0.5) is 11.6 Å². The van der Waals surface area contributed by atoms with Crippen molar-refractivity contribution in [3.63, 3.8) is 0 Å². The lowest BCUT2D eigenvalue weighted by atomic mass is 10.3. The molecule has 2 N–H and O–H groups in total. The van der Waals surface area contributed by atoms with Crippen molar-refractivity contribution in [2.75, 3.05) is 30.3 Å². The molecule has 0 bridgehead atoms. The van der Waals surface area contributed by atoms with Gasteiger partial charge in [0.25, 0.3) is 0 Å². The highest BCUT2D eigenvalue weighted by Crippen LogP contribution is 2.10. The highest BCUT2D eigenvalue weighted by Gasteiger charge is 2.00. The molecular formula is C14H26N4O. The Balaban J connectivity index is 2.28. The molecule has 0 amide bonds. The van der Waals surface area contributed by atoms with Crippen LogP contribution in [0.25, 0.3) is 0 Å². The van der Waals surface area contributed by atoms with E-state index in [0.29, 0.717) is 6.10 Å². The van der Waals surface area contributed by atoms with Gasteiger partial charge in [-0.05, 0) is 40.5 Å². The van der Waals surface area contributed by atoms with E-state index in [1.807, 2.05) is 13.0 Å². The fourth-order valence-corrected chi connectivity index (χ4v) is 1.69. The standard InChI is InChI=1S/C14H26N4O/c1-5-15-13-10-14(18-12(4)17-13)16-8-6-7-9-19-11(2)3/h10-11H,5-9H2,1-4H3,(H2,15,16,17,18). The van der Waals surface area contributed by atoms with Crippen molar-refractivity contribution >= 4 is 11.6 Å². The highest BCUT2D eigenvalue weighted by atomic mass is 16.5. The number of nitrogens with one attached hydrogen (secondary N) is 2. The van der Waals surface area contributed by atoms with Gasteiger partial charge >= 0.3 is 0 Å². The minimum absolute atomic E-state index is 0.320. The van der Waals surface area contributed by atoms with Gasteiger partial charge in [-0.3, -0.25) is 0 Å². The number of ether oxygens (including phenoxy) is 1. The van der Waals surface area contributed by atoms with Gasteiger partial charge in [-0.25, -0.2) is 9.97 Å². The van der Waals surface area contributed by atoms with Crippen molar-refractivity contribution in [3.8, 4) is 0 Å². The molecule has 0 saturated carbocycles. The first-order valence-electron chi connectivity index (χ1n) is 7.07. The van der Waals surface area contributed by atoms with E-state index in [2.05, 4.69) is 41.4 Å². The van der Waals surface area contributed by atoms with Gasteiger partial charge in [0, 0.05) is 25.8 Å². The van der Waals surface area contributed by atoms with E-state index in [1.165, 1.54) is 0 Å². The molecule has 0 unspecified atom stereocenters. The maximum absolute atomic E-state index is 5.50. The Hall–Kier alpha value is -1.36. The predicted octanol–water partition coefficient (Wildman–Crippen LogP) is 2.83. The third-order valence-electron chi connectivity index (χ3n) is 2.52. The molecule has 1 aromatic heterocycles. The number of nitrogens with zero attached hydrogens (tertiary/aromatic N) is 2. The molecule has 0 radical (unpaired) electrons. The van der Waals surface area contributed by atoms with Gasteiger partial charge in [0.2, 0.25) is 0 Å². The van der Waals surface area contributed by atoms with Gasteiger partial charge in [-0.1, -0.05) is 0 Å². The Morgan fingerprint density at radius 1 is 1.16 bits per heavy atom. The third-order valence-corrected chi connectivity index (χ3v) is 2.52. The molecule has 1 aromatic rings. The molecule has 0 saturated heterocycles. The summed E-state index contributed by atoms with van der Waals surface area (Å²) in [6.45, 7) is 10.7. The Bertz CT molecular complexity index is 368. The van der Waals surface area contributed by atoms with Crippen LogP contribution < -0.4 is 10.6 Å². The number of aromatic nitrogens is 2. The molecule has 5 nitrogen and oxygen atoms in total. The molecule has 0 atom stereocenters. The van der Waals surface area contributed by atoms with Crippen molar-refractivity contribution in [3.05, 3.63) is 11.9 Å². The Morgan fingerprint density at radius 3 is 2.47 bits per heavy atom. The van der Waals surface area contributed by atoms with Crippen molar-refractivity contribution < 1.29 is 4.74 Å². The van der Waals surface area contributed by atoms with Crippen molar-refractivity contribution in [2.45, 2.75) is 46.6 Å². The molecule has 0 fully saturated rings. The number of unbranched alkanes of at least 4 members (excludes halogenated alkanes) is 1. The molecule has 0 aliphatic rings. The maximum Gasteiger partial charge on any atom is 0.131 e. The molecule has 0 aliphatic heterocycles. The average molecular weight is 266 g/mol. The summed E-state index contributed by atoms with van der Waals surface area (Å²) < 4.78 is 5.50. The van der Waals surface area contributed by atoms with Gasteiger partial charge in [0.05, 0.1) is 6.10 Å². The second kappa shape index (κ2) is 8.69. The van der Waals surface area contributed by atoms with Gasteiger partial charge in [-0.15, -0.1) is 0 Å². The van der Waals surface area contributed by atoms with Gasteiger partial charge in [0.15, 0.2) is 0 Å². The van der Waals surface area contributed by atoms with Crippen LogP contribution in [0.15, 0.2) is 6.07 Å². The molecule has 108 valence electrons. The number of anilines is 2. The summed E-state index contributed by atoms with van der Waals surface area (Å²) in [5.74, 6) is 2.54. The average Bonchev–Trinajstić information content (AvgIpc) is 2.33. The van der Waals surface area contributed by atoms with Gasteiger partial charge in [-0.2, -0.15) is 0 Å². The van der Waals surface area contributed by atoms with E-state index < -0.39 is 0 Å². The number of hydrogen-bond acceptors (Lipinski definition) is 5. The normalized spacial score (nSPS) is 10.8. The quantitative estimate of drug-likeness (QED) is 0.673. The molecule has 0 spiro atoms. The largest absolute Gasteiger partial charge is 0.379 e. The summed E-state index contributed by atoms with van der Waals surface area (Å²) in [5, 5.41) is 6.53. The topological polar surface area (TPSA) is 59.1 Å². The fraction of sp³-hybridized carbons (Fsp3) is 0.714. The lowest BCUT2D eigenvalue weighted by molar-refractivity contribution is 0.0765. The summed E-state index contributed by atoms with van der Waals surface area (Å²) in [6.07, 6.45) is 2.46. The Morgan fingerprint density at radius 2 is 1.84 bits per heavy atom. The van der Waals surface area contributed by atoms with Crippen molar-refractivity contribution in [1.29, 1.82) is 0 Å². The van der Waals surface area contributed by atoms with E-state index in [9.17, 15) is 0 Å². The lowest BCUT2D eigenvalue weighted by Crippen LogP contribution is -2.09. The van der Waals surface area contributed by atoms with E-state index in [4.69, 9.17) is 4.74 Å². The minimum atomic E-state index is 0.320. The maximum atomic E-state index is 5.50. The first-order chi connectivity index (χ1) is 9.11. The number of aryl methyl sites for hydroxylation is 1. The number of hydrogen-bond donors (Lipinski definition) is 2. The van der Waals surface area contributed by atoms with Crippen molar-refractivity contribution in [2.24, 2.45) is 0 Å². The monoisotopic (exact) mass is 266 g/mol.